The second kappa shape index (κ2) is 48.1. The second-order valence-corrected chi connectivity index (χ2v) is 16.0. The zero-order valence-electron chi connectivity index (χ0n) is 41.4. The minimum Gasteiger partial charge on any atom is -1.00 e. The topological polar surface area (TPSA) is 457 Å². The number of methoxy groups -OCH3 is 2. The van der Waals surface area contributed by atoms with Gasteiger partial charge >= 0.3 is 11.8 Å². The number of amidine groups is 1. The molecule has 0 rings (SSSR count). The summed E-state index contributed by atoms with van der Waals surface area (Å²) in [5.74, 6) is -1.35. The summed E-state index contributed by atoms with van der Waals surface area (Å²) in [5, 5.41) is 102. The highest BCUT2D eigenvalue weighted by molar-refractivity contribution is 5.85. The van der Waals surface area contributed by atoms with Crippen LogP contribution in [0.2, 0.25) is 0 Å². The minimum absolute atomic E-state index is 0. The van der Waals surface area contributed by atoms with Crippen LogP contribution in [0.15, 0.2) is 0 Å². The molecule has 0 unspecified atom stereocenters. The standard InChI is InChI=1S/C22H43N5O6.C11H23N3O6.C10H20N2O2.2ClH/c1-25-13-7-10-15(23)9-5-3-4-6-12-17(24)27-14-8-11-16(28)18(29)19(30)20(31)21(32)22(33)26-2;12-3-1-2-6(15)7(16)8(17)9(18)10(19)11(20)14-5-4-13;1-13-9(11)7-5-3-4-6-8-10(12)14-2;;/h18-21,23,25,29-32H,3-14H2,1-2H3,(H2,24,27)(H,26,33);7-10,16-19H,1-5,12-13H2,(H,14,20);11-12H,3-8H2,1-2H3;2*1H/p+4/t18-,19+,20+,21-;7-,8+,9+,10-;;;/m00.../s1. The maximum Gasteiger partial charge on any atom is 0.332 e. The van der Waals surface area contributed by atoms with E-state index in [2.05, 4.69) is 32.4 Å². The number of ether oxygens (including phenoxy) is 2. The van der Waals surface area contributed by atoms with Crippen molar-refractivity contribution < 1.29 is 127 Å². The summed E-state index contributed by atoms with van der Waals surface area (Å²) in [4.78, 5) is 49.2. The van der Waals surface area contributed by atoms with Gasteiger partial charge in [-0.1, -0.05) is 25.7 Å². The first kappa shape index (κ1) is 74.4. The summed E-state index contributed by atoms with van der Waals surface area (Å²) >= 11 is 0. The van der Waals surface area contributed by atoms with Gasteiger partial charge < -0.3 is 103 Å². The molecule has 26 N–H and O–H groups in total. The van der Waals surface area contributed by atoms with E-state index in [0.717, 1.165) is 102 Å². The van der Waals surface area contributed by atoms with E-state index in [0.29, 0.717) is 50.1 Å². The number of hydrogen-bond acceptors (Lipinski definition) is 15. The van der Waals surface area contributed by atoms with Gasteiger partial charge in [0.15, 0.2) is 23.8 Å². The van der Waals surface area contributed by atoms with Gasteiger partial charge in [0, 0.05) is 45.6 Å². The number of nitrogens with one attached hydrogen (secondary N) is 4. The summed E-state index contributed by atoms with van der Waals surface area (Å²) < 4.78 is 9.73. The predicted molar refractivity (Wildman–Crippen MR) is 248 cm³/mol. The van der Waals surface area contributed by atoms with Gasteiger partial charge in [-0.2, -0.15) is 0 Å². The van der Waals surface area contributed by atoms with E-state index < -0.39 is 72.2 Å². The third kappa shape index (κ3) is 38.9. The number of carbonyl (C=O) groups is 4. The van der Waals surface area contributed by atoms with Crippen molar-refractivity contribution in [3.05, 3.63) is 0 Å². The average Bonchev–Trinajstić information content (AvgIpc) is 3.33. The lowest BCUT2D eigenvalue weighted by Gasteiger charge is -2.25. The molecule has 2 amide bonds. The Morgan fingerprint density at radius 2 is 0.942 bits per heavy atom. The van der Waals surface area contributed by atoms with Crippen molar-refractivity contribution in [3.63, 3.8) is 0 Å². The van der Waals surface area contributed by atoms with Crippen molar-refractivity contribution in [1.29, 1.82) is 0 Å². The summed E-state index contributed by atoms with van der Waals surface area (Å²) in [6.45, 7) is 2.48. The van der Waals surface area contributed by atoms with E-state index >= 15 is 0 Å². The molecule has 0 fully saturated rings. The third-order valence-corrected chi connectivity index (χ3v) is 10.3. The number of rotatable bonds is 37. The Hall–Kier alpha value is -3.50. The van der Waals surface area contributed by atoms with Crippen molar-refractivity contribution in [3.8, 4) is 0 Å². The zero-order valence-corrected chi connectivity index (χ0v) is 42.9. The Balaban J connectivity index is -0.000000323. The molecule has 8 atom stereocenters. The van der Waals surface area contributed by atoms with Crippen LogP contribution in [0.3, 0.4) is 0 Å². The van der Waals surface area contributed by atoms with Gasteiger partial charge in [-0.25, -0.2) is 10.8 Å². The van der Waals surface area contributed by atoms with E-state index in [1.807, 2.05) is 7.05 Å². The monoisotopic (exact) mass is 1040 g/mol. The molecule has 0 bridgehead atoms. The fourth-order valence-corrected chi connectivity index (χ4v) is 5.89. The summed E-state index contributed by atoms with van der Waals surface area (Å²) in [5.41, 5.74) is 14.0. The van der Waals surface area contributed by atoms with Crippen LogP contribution in [0.25, 0.3) is 0 Å². The highest BCUT2D eigenvalue weighted by atomic mass is 35.5. The highest BCUT2D eigenvalue weighted by Gasteiger charge is 2.38. The first-order chi connectivity index (χ1) is 31.7. The molecule has 408 valence electrons. The van der Waals surface area contributed by atoms with E-state index in [-0.39, 0.29) is 44.2 Å². The number of ketones is 2. The molecule has 0 saturated carbocycles. The van der Waals surface area contributed by atoms with Crippen molar-refractivity contribution >= 4 is 46.7 Å². The quantitative estimate of drug-likeness (QED) is 0.0156. The first-order valence-corrected chi connectivity index (χ1v) is 23.2. The molecular weight excluding hydrogens is 951 g/mol. The molecule has 26 heteroatoms. The Labute approximate surface area is 419 Å². The Kier molecular flexibility index (Phi) is 51.9. The molecule has 24 nitrogen and oxygen atoms in total. The molecule has 0 aliphatic rings. The Morgan fingerprint density at radius 3 is 1.36 bits per heavy atom. The van der Waals surface area contributed by atoms with E-state index in [1.165, 1.54) is 7.05 Å². The van der Waals surface area contributed by atoms with Crippen LogP contribution in [0, 0.1) is 0 Å². The smallest absolute Gasteiger partial charge is 0.332 e. The number of amides is 2. The number of likely N-dealkylation sites (N-methyl/N-ethyl adjacent to an activating group) is 1. The molecule has 0 saturated heterocycles. The highest BCUT2D eigenvalue weighted by Crippen LogP contribution is 2.11. The van der Waals surface area contributed by atoms with Gasteiger partial charge in [-0.05, 0) is 52.1 Å². The van der Waals surface area contributed by atoms with Gasteiger partial charge in [0.2, 0.25) is 5.84 Å². The molecular formula is C43H92Cl2N10O14+4. The number of carbonyl (C=O) groups excluding carboxylic acids is 4. The van der Waals surface area contributed by atoms with Gasteiger partial charge in [0.25, 0.3) is 11.8 Å². The Morgan fingerprint density at radius 1 is 0.536 bits per heavy atom. The van der Waals surface area contributed by atoms with Crippen molar-refractivity contribution in [2.45, 2.75) is 164 Å². The number of aliphatic hydroxyl groups is 8. The predicted octanol–water partition coefficient (Wildman–Crippen LogP) is -17.2. The zero-order chi connectivity index (χ0) is 51.7. The molecule has 0 heterocycles. The number of nitrogens with two attached hydrogens (primary N) is 4. The third-order valence-electron chi connectivity index (χ3n) is 10.3. The van der Waals surface area contributed by atoms with Crippen molar-refractivity contribution in [2.75, 3.05) is 61.0 Å². The SMILES string of the molecule is CNCCCC(=[NH2+])CCCCCCC(N)=[NH+]CCCC(=O)[C@H](O)[C@@H](O)[C@@H](O)[C@H](O)C(=O)NC.COC(=[NH2+])CCCCCCC(=[NH2+])OC.[Cl-].[Cl-].[NH3+]CCCC(=O)[C@H](O)[C@@H](O)[C@@H](O)[C@H](O)C(=O)NCC[NH3+]. The van der Waals surface area contributed by atoms with Crippen molar-refractivity contribution in [2.24, 2.45) is 5.73 Å². The van der Waals surface area contributed by atoms with Crippen LogP contribution < -0.4 is 79.2 Å². The van der Waals surface area contributed by atoms with Crippen LogP contribution in [0.4, 0.5) is 0 Å². The Bertz CT molecular complexity index is 1380. The molecule has 0 aromatic carbocycles. The lowest BCUT2D eigenvalue weighted by molar-refractivity contribution is -0.459. The number of Topliss-reactive ketones (excluding diaryl/α,β-unsaturated/α-hetero) is 2. The number of unbranched alkanes of at least 4 members (excludes halogenated alkanes) is 6. The lowest BCUT2D eigenvalue weighted by Crippen LogP contribution is -3.00. The largest absolute Gasteiger partial charge is 1.00 e. The minimum atomic E-state index is -1.99. The van der Waals surface area contributed by atoms with Crippen LogP contribution in [0.5, 0.6) is 0 Å². The molecule has 0 aromatic rings. The van der Waals surface area contributed by atoms with Gasteiger partial charge in [0.05, 0.1) is 53.2 Å². The molecule has 0 spiro atoms. The number of hydrogen-bond donors (Lipinski definition) is 18. The summed E-state index contributed by atoms with van der Waals surface area (Å²) in [6, 6.07) is 0. The van der Waals surface area contributed by atoms with Crippen LogP contribution in [0.1, 0.15) is 116 Å². The van der Waals surface area contributed by atoms with E-state index in [9.17, 15) is 60.0 Å². The lowest BCUT2D eigenvalue weighted by atomic mass is 9.97. The second-order valence-electron chi connectivity index (χ2n) is 16.0. The van der Waals surface area contributed by atoms with Gasteiger partial charge in [0.1, 0.15) is 42.3 Å². The van der Waals surface area contributed by atoms with E-state index in [1.54, 1.807) is 14.2 Å². The fourth-order valence-electron chi connectivity index (χ4n) is 5.89. The summed E-state index contributed by atoms with van der Waals surface area (Å²) in [6.07, 6.45) is -0.755. The van der Waals surface area contributed by atoms with Gasteiger partial charge in [-0.3, -0.25) is 35.3 Å². The van der Waals surface area contributed by atoms with Crippen molar-refractivity contribution in [1.82, 2.24) is 16.0 Å². The normalized spacial score (nSPS) is 14.3. The van der Waals surface area contributed by atoms with Crippen LogP contribution >= 0.6 is 0 Å². The molecule has 69 heavy (non-hydrogen) atoms. The number of aliphatic hydroxyl groups excluding tert-OH is 8. The average molecular weight is 1040 g/mol. The van der Waals surface area contributed by atoms with E-state index in [4.69, 9.17) is 31.4 Å². The molecule has 0 aromatic heterocycles. The first-order valence-electron chi connectivity index (χ1n) is 23.2. The number of halogens is 2. The summed E-state index contributed by atoms with van der Waals surface area (Å²) in [7, 11) is 6.38. The molecule has 0 aliphatic carbocycles. The van der Waals surface area contributed by atoms with Crippen LogP contribution in [-0.2, 0) is 28.7 Å². The molecule has 0 aliphatic heterocycles. The molecule has 0 radical (unpaired) electrons. The maximum absolute atomic E-state index is 12.0. The fraction of sp³-hybridized carbons (Fsp3) is 0.814. The number of quaternary nitrogens is 2. The van der Waals surface area contributed by atoms with Gasteiger partial charge in [-0.15, -0.1) is 0 Å². The maximum atomic E-state index is 12.0. The van der Waals surface area contributed by atoms with Crippen LogP contribution in [-0.4, -0.2) is 197 Å².